The Labute approximate surface area is 116 Å². The molecule has 1 aliphatic heterocycles. The maximum absolute atomic E-state index is 5.93. The summed E-state index contributed by atoms with van der Waals surface area (Å²) in [5, 5.41) is 1.39. The Morgan fingerprint density at radius 1 is 1.28 bits per heavy atom. The maximum atomic E-state index is 5.93. The van der Waals surface area contributed by atoms with Gasteiger partial charge in [0.2, 0.25) is 0 Å². The van der Waals surface area contributed by atoms with E-state index in [0.717, 1.165) is 6.42 Å². The fourth-order valence-corrected chi connectivity index (χ4v) is 6.12. The summed E-state index contributed by atoms with van der Waals surface area (Å²) in [6, 6.07) is 9.31. The molecule has 96 valence electrons. The van der Waals surface area contributed by atoms with Crippen LogP contribution in [-0.2, 0) is 11.8 Å². The second-order valence-corrected chi connectivity index (χ2v) is 9.98. The Kier molecular flexibility index (Phi) is 4.59. The van der Waals surface area contributed by atoms with Crippen LogP contribution in [0.2, 0.25) is 0 Å². The minimum atomic E-state index is -1.39. The molecule has 0 nitrogen and oxygen atoms in total. The van der Waals surface area contributed by atoms with E-state index in [0.29, 0.717) is 0 Å². The van der Waals surface area contributed by atoms with Gasteiger partial charge >= 0.3 is 0 Å². The van der Waals surface area contributed by atoms with E-state index in [1.807, 2.05) is 0 Å². The van der Waals surface area contributed by atoms with E-state index >= 15 is 0 Å². The van der Waals surface area contributed by atoms with Gasteiger partial charge < -0.3 is 0 Å². The van der Waals surface area contributed by atoms with Crippen LogP contribution in [0.5, 0.6) is 0 Å². The van der Waals surface area contributed by atoms with E-state index in [4.69, 9.17) is 11.8 Å². The first-order valence-corrected chi connectivity index (χ1v) is 9.64. The number of allylic oxidation sites excluding steroid dienone is 3. The van der Waals surface area contributed by atoms with Crippen molar-refractivity contribution < 1.29 is 0 Å². The molecule has 0 saturated carbocycles. The molecule has 0 bridgehead atoms. The van der Waals surface area contributed by atoms with E-state index in [1.165, 1.54) is 29.9 Å². The second-order valence-electron chi connectivity index (χ2n) is 5.21. The summed E-state index contributed by atoms with van der Waals surface area (Å²) in [5.41, 5.74) is 3.00. The number of rotatable bonds is 4. The first-order chi connectivity index (χ1) is 8.60. The number of hydrogen-bond acceptors (Lipinski definition) is 1. The molecular formula is C16H21PS. The molecule has 0 saturated heterocycles. The van der Waals surface area contributed by atoms with Crippen molar-refractivity contribution in [2.45, 2.75) is 33.1 Å². The van der Waals surface area contributed by atoms with E-state index in [-0.39, 0.29) is 0 Å². The standard InChI is InChI=1S/C16H21PS/c1-14(2)7-6-8-15-11-12-17(18,13-15)16-9-4-3-5-10-16/h3-5,7,9-10,13H,6,8,11-12H2,1-2H3. The van der Waals surface area contributed by atoms with Crippen LogP contribution in [0.4, 0.5) is 0 Å². The van der Waals surface area contributed by atoms with Gasteiger partial charge in [-0.2, -0.15) is 0 Å². The van der Waals surface area contributed by atoms with Crippen molar-refractivity contribution in [2.24, 2.45) is 0 Å². The molecular weight excluding hydrogens is 255 g/mol. The Balaban J connectivity index is 2.08. The smallest absolute Gasteiger partial charge is 0.00393 e. The highest BCUT2D eigenvalue weighted by atomic mass is 32.4. The minimum absolute atomic E-state index is 1.16. The lowest BCUT2D eigenvalue weighted by Gasteiger charge is -2.12. The number of hydrogen-bond donors (Lipinski definition) is 0. The van der Waals surface area contributed by atoms with Crippen LogP contribution in [-0.4, -0.2) is 6.16 Å². The van der Waals surface area contributed by atoms with Crippen LogP contribution in [0.25, 0.3) is 0 Å². The summed E-state index contributed by atoms with van der Waals surface area (Å²) < 4.78 is 0. The minimum Gasteiger partial charge on any atom is -0.0882 e. The SMILES string of the molecule is CC(C)=CCCC1=CP(=S)(c2ccccc2)CC1. The van der Waals surface area contributed by atoms with Crippen molar-refractivity contribution in [1.82, 2.24) is 0 Å². The Morgan fingerprint density at radius 3 is 2.67 bits per heavy atom. The monoisotopic (exact) mass is 276 g/mol. The second kappa shape index (κ2) is 5.99. The summed E-state index contributed by atoms with van der Waals surface area (Å²) in [5.74, 6) is 2.44. The molecule has 18 heavy (non-hydrogen) atoms. The van der Waals surface area contributed by atoms with Crippen molar-refractivity contribution in [3.63, 3.8) is 0 Å². The zero-order valence-electron chi connectivity index (χ0n) is 11.2. The van der Waals surface area contributed by atoms with Crippen LogP contribution >= 0.6 is 6.04 Å². The Hall–Kier alpha value is -0.650. The molecule has 0 amide bonds. The predicted molar refractivity (Wildman–Crippen MR) is 86.6 cm³/mol. The van der Waals surface area contributed by atoms with Crippen molar-refractivity contribution in [3.05, 3.63) is 53.4 Å². The molecule has 0 radical (unpaired) electrons. The highest BCUT2D eigenvalue weighted by molar-refractivity contribution is 8.19. The topological polar surface area (TPSA) is 0 Å². The fraction of sp³-hybridized carbons (Fsp3) is 0.375. The summed E-state index contributed by atoms with van der Waals surface area (Å²) in [6.45, 7) is 4.33. The molecule has 1 unspecified atom stereocenters. The lowest BCUT2D eigenvalue weighted by Crippen LogP contribution is -2.01. The van der Waals surface area contributed by atoms with Gasteiger partial charge in [0.25, 0.3) is 0 Å². The highest BCUT2D eigenvalue weighted by Crippen LogP contribution is 2.54. The Morgan fingerprint density at radius 2 is 2.00 bits per heavy atom. The molecule has 1 aliphatic rings. The molecule has 0 aliphatic carbocycles. The van der Waals surface area contributed by atoms with Crippen molar-refractivity contribution in [2.75, 3.05) is 6.16 Å². The van der Waals surface area contributed by atoms with Crippen LogP contribution in [0.1, 0.15) is 33.1 Å². The summed E-state index contributed by atoms with van der Waals surface area (Å²) in [4.78, 5) is 0. The van der Waals surface area contributed by atoms with Gasteiger partial charge in [0.05, 0.1) is 0 Å². The largest absolute Gasteiger partial charge is 0.0882 e. The summed E-state index contributed by atoms with van der Waals surface area (Å²) in [6.07, 6.45) is 7.08. The number of benzene rings is 1. The third-order valence-electron chi connectivity index (χ3n) is 3.37. The highest BCUT2D eigenvalue weighted by Gasteiger charge is 2.23. The molecule has 2 heteroatoms. The molecule has 2 rings (SSSR count). The maximum Gasteiger partial charge on any atom is 0.00393 e. The van der Waals surface area contributed by atoms with E-state index < -0.39 is 6.04 Å². The lowest BCUT2D eigenvalue weighted by atomic mass is 10.1. The molecule has 0 N–H and O–H groups in total. The van der Waals surface area contributed by atoms with E-state index in [2.05, 4.69) is 56.1 Å². The van der Waals surface area contributed by atoms with Crippen LogP contribution < -0.4 is 5.30 Å². The fourth-order valence-electron chi connectivity index (χ4n) is 2.35. The Bertz CT molecular complexity index is 507. The van der Waals surface area contributed by atoms with Gasteiger partial charge in [-0.1, -0.05) is 59.4 Å². The van der Waals surface area contributed by atoms with Crippen LogP contribution in [0.15, 0.2) is 53.4 Å². The predicted octanol–water partition coefficient (Wildman–Crippen LogP) is 4.83. The molecule has 0 spiro atoms. The van der Waals surface area contributed by atoms with Gasteiger partial charge in [-0.15, -0.1) is 0 Å². The van der Waals surface area contributed by atoms with Crippen molar-refractivity contribution in [1.29, 1.82) is 0 Å². The van der Waals surface area contributed by atoms with Crippen molar-refractivity contribution in [3.8, 4) is 0 Å². The van der Waals surface area contributed by atoms with Gasteiger partial charge in [0.15, 0.2) is 0 Å². The van der Waals surface area contributed by atoms with Gasteiger partial charge in [-0.25, -0.2) is 0 Å². The van der Waals surface area contributed by atoms with E-state index in [9.17, 15) is 0 Å². The average Bonchev–Trinajstić information content (AvgIpc) is 2.73. The third kappa shape index (κ3) is 3.43. The van der Waals surface area contributed by atoms with Crippen LogP contribution in [0, 0.1) is 0 Å². The molecule has 1 aromatic carbocycles. The first-order valence-electron chi connectivity index (χ1n) is 6.58. The van der Waals surface area contributed by atoms with Crippen molar-refractivity contribution >= 4 is 23.1 Å². The molecule has 1 aromatic rings. The lowest BCUT2D eigenvalue weighted by molar-refractivity contribution is 0.920. The van der Waals surface area contributed by atoms with Gasteiger partial charge in [-0.3, -0.25) is 0 Å². The zero-order valence-corrected chi connectivity index (χ0v) is 12.9. The van der Waals surface area contributed by atoms with Gasteiger partial charge in [0.1, 0.15) is 0 Å². The zero-order chi connectivity index (χ0) is 13.0. The molecule has 0 aromatic heterocycles. The first kappa shape index (κ1) is 13.8. The van der Waals surface area contributed by atoms with Crippen LogP contribution in [0.3, 0.4) is 0 Å². The quantitative estimate of drug-likeness (QED) is 0.561. The average molecular weight is 276 g/mol. The molecule has 0 fully saturated rings. The normalized spacial score (nSPS) is 22.7. The van der Waals surface area contributed by atoms with E-state index in [1.54, 1.807) is 5.57 Å². The molecule has 1 heterocycles. The summed E-state index contributed by atoms with van der Waals surface area (Å²) >= 11 is 5.93. The van der Waals surface area contributed by atoms with Gasteiger partial charge in [0, 0.05) is 6.04 Å². The van der Waals surface area contributed by atoms with Gasteiger partial charge in [-0.05, 0) is 50.4 Å². The third-order valence-corrected chi connectivity index (χ3v) is 7.71. The summed E-state index contributed by atoms with van der Waals surface area (Å²) in [7, 11) is 0. The molecule has 1 atom stereocenters.